The van der Waals surface area contributed by atoms with Gasteiger partial charge in [-0.15, -0.1) is 11.8 Å². The molecule has 0 fully saturated rings. The third-order valence-electron chi connectivity index (χ3n) is 2.47. The van der Waals surface area contributed by atoms with Gasteiger partial charge >= 0.3 is 0 Å². The Morgan fingerprint density at radius 1 is 1.60 bits per heavy atom. The molecule has 0 aliphatic rings. The smallest absolute Gasteiger partial charge is 0.263 e. The summed E-state index contributed by atoms with van der Waals surface area (Å²) in [5.41, 5.74) is 6.58. The maximum Gasteiger partial charge on any atom is 0.263 e. The standard InChI is InChI=1S/C13H19N3O3S/c1-20-13(10-16(17)18)15-6-3-7-19-12-5-2-4-11(8-12)9-14/h2,4-5,8,10,15H,3,6-7,9,14H2,1H3/b13-10-. The van der Waals surface area contributed by atoms with Crippen molar-refractivity contribution in [2.24, 2.45) is 5.73 Å². The van der Waals surface area contributed by atoms with Gasteiger partial charge in [-0.25, -0.2) is 0 Å². The molecule has 20 heavy (non-hydrogen) atoms. The first-order chi connectivity index (χ1) is 9.65. The zero-order valence-electron chi connectivity index (χ0n) is 11.4. The molecule has 0 saturated heterocycles. The van der Waals surface area contributed by atoms with Crippen LogP contribution >= 0.6 is 11.8 Å². The largest absolute Gasteiger partial charge is 0.494 e. The van der Waals surface area contributed by atoms with Gasteiger partial charge in [0.05, 0.1) is 11.5 Å². The summed E-state index contributed by atoms with van der Waals surface area (Å²) in [6, 6.07) is 7.64. The van der Waals surface area contributed by atoms with E-state index in [1.165, 1.54) is 11.8 Å². The highest BCUT2D eigenvalue weighted by molar-refractivity contribution is 8.02. The van der Waals surface area contributed by atoms with Gasteiger partial charge in [0.25, 0.3) is 6.20 Å². The fourth-order valence-corrected chi connectivity index (χ4v) is 1.94. The lowest BCUT2D eigenvalue weighted by Gasteiger charge is -2.09. The van der Waals surface area contributed by atoms with Gasteiger partial charge in [-0.3, -0.25) is 10.1 Å². The molecule has 0 bridgehead atoms. The zero-order chi connectivity index (χ0) is 14.8. The van der Waals surface area contributed by atoms with Crippen LogP contribution in [0.2, 0.25) is 0 Å². The lowest BCUT2D eigenvalue weighted by Crippen LogP contribution is -2.16. The monoisotopic (exact) mass is 297 g/mol. The predicted molar refractivity (Wildman–Crippen MR) is 81.0 cm³/mol. The van der Waals surface area contributed by atoms with E-state index in [1.807, 2.05) is 24.3 Å². The van der Waals surface area contributed by atoms with E-state index in [4.69, 9.17) is 10.5 Å². The van der Waals surface area contributed by atoms with E-state index >= 15 is 0 Å². The molecule has 110 valence electrons. The number of hydrogen-bond donors (Lipinski definition) is 2. The van der Waals surface area contributed by atoms with Crippen LogP contribution in [0.1, 0.15) is 12.0 Å². The quantitative estimate of drug-likeness (QED) is 0.411. The van der Waals surface area contributed by atoms with Gasteiger partial charge in [-0.1, -0.05) is 12.1 Å². The van der Waals surface area contributed by atoms with Crippen molar-refractivity contribution in [3.05, 3.63) is 51.2 Å². The molecule has 1 rings (SSSR count). The fraction of sp³-hybridized carbons (Fsp3) is 0.385. The van der Waals surface area contributed by atoms with E-state index < -0.39 is 4.92 Å². The first-order valence-electron chi connectivity index (χ1n) is 6.20. The number of rotatable bonds is 9. The topological polar surface area (TPSA) is 90.4 Å². The average Bonchev–Trinajstić information content (AvgIpc) is 2.45. The number of benzene rings is 1. The Bertz CT molecular complexity index is 466. The first kappa shape index (κ1) is 16.3. The van der Waals surface area contributed by atoms with Gasteiger partial charge in [0.2, 0.25) is 0 Å². The molecule has 0 aliphatic heterocycles. The Morgan fingerprint density at radius 2 is 2.40 bits per heavy atom. The van der Waals surface area contributed by atoms with E-state index in [2.05, 4.69) is 5.32 Å². The van der Waals surface area contributed by atoms with Crippen LogP contribution in [0, 0.1) is 10.1 Å². The minimum absolute atomic E-state index is 0.465. The van der Waals surface area contributed by atoms with Gasteiger partial charge in [-0.05, 0) is 30.4 Å². The molecule has 7 heteroatoms. The van der Waals surface area contributed by atoms with Gasteiger partial charge in [0, 0.05) is 13.1 Å². The summed E-state index contributed by atoms with van der Waals surface area (Å²) in [6.45, 7) is 1.65. The number of thioether (sulfide) groups is 1. The van der Waals surface area contributed by atoms with Crippen molar-refractivity contribution in [1.29, 1.82) is 0 Å². The van der Waals surface area contributed by atoms with E-state index in [0.29, 0.717) is 24.7 Å². The molecule has 0 atom stereocenters. The molecule has 0 aromatic heterocycles. The lowest BCUT2D eigenvalue weighted by atomic mass is 10.2. The van der Waals surface area contributed by atoms with Crippen molar-refractivity contribution in [1.82, 2.24) is 5.32 Å². The van der Waals surface area contributed by atoms with Crippen molar-refractivity contribution in [2.45, 2.75) is 13.0 Å². The Morgan fingerprint density at radius 3 is 3.05 bits per heavy atom. The van der Waals surface area contributed by atoms with Crippen molar-refractivity contribution >= 4 is 11.8 Å². The number of nitro groups is 1. The molecule has 0 heterocycles. The molecule has 0 amide bonds. The summed E-state index contributed by atoms with van der Waals surface area (Å²) < 4.78 is 5.59. The minimum atomic E-state index is -0.465. The summed E-state index contributed by atoms with van der Waals surface area (Å²) >= 11 is 1.31. The third kappa shape index (κ3) is 6.44. The number of nitrogens with zero attached hydrogens (tertiary/aromatic N) is 1. The summed E-state index contributed by atoms with van der Waals surface area (Å²) in [5.74, 6) is 0.791. The molecule has 6 nitrogen and oxygen atoms in total. The third-order valence-corrected chi connectivity index (χ3v) is 3.16. The zero-order valence-corrected chi connectivity index (χ0v) is 12.2. The predicted octanol–water partition coefficient (Wildman–Crippen LogP) is 1.94. The molecular weight excluding hydrogens is 278 g/mol. The molecule has 0 spiro atoms. The first-order valence-corrected chi connectivity index (χ1v) is 7.43. The van der Waals surface area contributed by atoms with Crippen LogP contribution in [0.15, 0.2) is 35.5 Å². The second-order valence-corrected chi connectivity index (χ2v) is 4.81. The molecule has 1 aromatic carbocycles. The number of ether oxygens (including phenoxy) is 1. The number of hydrogen-bond acceptors (Lipinski definition) is 6. The molecule has 0 saturated carbocycles. The Labute approximate surface area is 122 Å². The average molecular weight is 297 g/mol. The number of nitrogens with two attached hydrogens (primary N) is 1. The van der Waals surface area contributed by atoms with Crippen LogP contribution in [0.4, 0.5) is 0 Å². The van der Waals surface area contributed by atoms with Crippen molar-refractivity contribution in [3.63, 3.8) is 0 Å². The fourth-order valence-electron chi connectivity index (χ4n) is 1.50. The highest BCUT2D eigenvalue weighted by Gasteiger charge is 2.00. The van der Waals surface area contributed by atoms with Gasteiger partial charge in [-0.2, -0.15) is 0 Å². The van der Waals surface area contributed by atoms with Crippen LogP contribution in [-0.4, -0.2) is 24.3 Å². The molecule has 3 N–H and O–H groups in total. The van der Waals surface area contributed by atoms with E-state index in [1.54, 1.807) is 6.26 Å². The van der Waals surface area contributed by atoms with Gasteiger partial charge in [0.15, 0.2) is 0 Å². The van der Waals surface area contributed by atoms with Gasteiger partial charge < -0.3 is 15.8 Å². The second kappa shape index (κ2) is 9.22. The van der Waals surface area contributed by atoms with E-state index in [9.17, 15) is 10.1 Å². The van der Waals surface area contributed by atoms with Gasteiger partial charge in [0.1, 0.15) is 10.8 Å². The van der Waals surface area contributed by atoms with E-state index in [0.717, 1.165) is 23.9 Å². The summed E-state index contributed by atoms with van der Waals surface area (Å²) in [5, 5.41) is 13.9. The Hall–Kier alpha value is -1.73. The second-order valence-electron chi connectivity index (χ2n) is 3.96. The highest BCUT2D eigenvalue weighted by Crippen LogP contribution is 2.13. The van der Waals surface area contributed by atoms with Crippen LogP contribution in [0.5, 0.6) is 5.75 Å². The summed E-state index contributed by atoms with van der Waals surface area (Å²) in [6.07, 6.45) is 3.51. The lowest BCUT2D eigenvalue weighted by molar-refractivity contribution is -0.403. The van der Waals surface area contributed by atoms with Crippen LogP contribution in [0.25, 0.3) is 0 Å². The molecular formula is C13H19N3O3S. The molecule has 0 radical (unpaired) electrons. The molecule has 0 aliphatic carbocycles. The normalized spacial score (nSPS) is 11.2. The minimum Gasteiger partial charge on any atom is -0.494 e. The number of nitrogens with one attached hydrogen (secondary N) is 1. The van der Waals surface area contributed by atoms with Crippen molar-refractivity contribution < 1.29 is 9.66 Å². The Kier molecular flexibility index (Phi) is 7.52. The van der Waals surface area contributed by atoms with Crippen LogP contribution < -0.4 is 15.8 Å². The highest BCUT2D eigenvalue weighted by atomic mass is 32.2. The summed E-state index contributed by atoms with van der Waals surface area (Å²) in [7, 11) is 0. The molecule has 0 unspecified atom stereocenters. The SMILES string of the molecule is CS/C(=C\[N+](=O)[O-])NCCCOc1cccc(CN)c1. The maximum atomic E-state index is 10.3. The van der Waals surface area contributed by atoms with Crippen molar-refractivity contribution in [2.75, 3.05) is 19.4 Å². The molecule has 1 aromatic rings. The summed E-state index contributed by atoms with van der Waals surface area (Å²) in [4.78, 5) is 9.88. The van der Waals surface area contributed by atoms with Crippen LogP contribution in [0.3, 0.4) is 0 Å². The Balaban J connectivity index is 2.26. The van der Waals surface area contributed by atoms with Crippen molar-refractivity contribution in [3.8, 4) is 5.75 Å². The van der Waals surface area contributed by atoms with Crippen LogP contribution in [-0.2, 0) is 6.54 Å². The van der Waals surface area contributed by atoms with E-state index in [-0.39, 0.29) is 0 Å². The maximum absolute atomic E-state index is 10.3.